The maximum Gasteiger partial charge on any atom is 0.416 e. The van der Waals surface area contributed by atoms with Crippen molar-refractivity contribution in [2.45, 2.75) is 19.1 Å². The summed E-state index contributed by atoms with van der Waals surface area (Å²) < 4.78 is 51.2. The molecule has 3 nitrogen and oxygen atoms in total. The van der Waals surface area contributed by atoms with Crippen molar-refractivity contribution in [3.05, 3.63) is 77.1 Å². The van der Waals surface area contributed by atoms with Crippen molar-refractivity contribution < 1.29 is 22.4 Å². The van der Waals surface area contributed by atoms with Gasteiger partial charge in [0.05, 0.1) is 5.56 Å². The Bertz CT molecular complexity index is 862. The maximum atomic E-state index is 13.2. The first kappa shape index (κ1) is 21.0. The van der Waals surface area contributed by atoms with Crippen LogP contribution in [0.25, 0.3) is 6.08 Å². The summed E-state index contributed by atoms with van der Waals surface area (Å²) in [7, 11) is 0. The number of carbonyl (C=O) groups excluding carboxylic acids is 1. The second-order valence-electron chi connectivity index (χ2n) is 7.04. The van der Waals surface area contributed by atoms with Crippen LogP contribution in [0.1, 0.15) is 23.1 Å². The highest BCUT2D eigenvalue weighted by molar-refractivity contribution is 5.91. The molecule has 1 fully saturated rings. The molecule has 0 bridgehead atoms. The highest BCUT2D eigenvalue weighted by Gasteiger charge is 2.30. The summed E-state index contributed by atoms with van der Waals surface area (Å²) in [6, 6.07) is 11.2. The van der Waals surface area contributed by atoms with Gasteiger partial charge in [0.25, 0.3) is 0 Å². The molecule has 0 radical (unpaired) electrons. The zero-order valence-corrected chi connectivity index (χ0v) is 15.8. The predicted molar refractivity (Wildman–Crippen MR) is 103 cm³/mol. The first-order chi connectivity index (χ1) is 13.8. The van der Waals surface area contributed by atoms with Gasteiger partial charge in [-0.3, -0.25) is 9.69 Å². The largest absolute Gasteiger partial charge is 0.416 e. The van der Waals surface area contributed by atoms with E-state index in [0.717, 1.165) is 30.7 Å². The smallest absolute Gasteiger partial charge is 0.338 e. The highest BCUT2D eigenvalue weighted by atomic mass is 19.4. The molecule has 1 heterocycles. The molecule has 2 aromatic carbocycles. The van der Waals surface area contributed by atoms with Gasteiger partial charge in [-0.05, 0) is 47.9 Å². The van der Waals surface area contributed by atoms with Crippen LogP contribution in [0, 0.1) is 5.82 Å². The molecule has 0 unspecified atom stereocenters. The van der Waals surface area contributed by atoms with E-state index in [4.69, 9.17) is 0 Å². The number of halogens is 4. The topological polar surface area (TPSA) is 23.6 Å². The van der Waals surface area contributed by atoms with E-state index in [1.54, 1.807) is 23.1 Å². The summed E-state index contributed by atoms with van der Waals surface area (Å²) in [4.78, 5) is 16.3. The number of hydrogen-bond donors (Lipinski definition) is 0. The minimum Gasteiger partial charge on any atom is -0.338 e. The average molecular weight is 406 g/mol. The molecule has 2 aromatic rings. The van der Waals surface area contributed by atoms with E-state index in [9.17, 15) is 22.4 Å². The van der Waals surface area contributed by atoms with Gasteiger partial charge in [-0.25, -0.2) is 4.39 Å². The molecule has 7 heteroatoms. The second kappa shape index (κ2) is 9.22. The van der Waals surface area contributed by atoms with Crippen molar-refractivity contribution in [2.75, 3.05) is 26.2 Å². The molecule has 1 aliphatic heterocycles. The number of rotatable bonds is 4. The summed E-state index contributed by atoms with van der Waals surface area (Å²) in [5.41, 5.74) is 0.778. The predicted octanol–water partition coefficient (Wildman–Crippen LogP) is 4.59. The SMILES string of the molecule is O=C(/C=C/c1cccc(F)c1)N1CCCN(Cc2ccc(C(F)(F)F)cc2)CC1. The van der Waals surface area contributed by atoms with Crippen molar-refractivity contribution >= 4 is 12.0 Å². The molecular weight excluding hydrogens is 384 g/mol. The summed E-state index contributed by atoms with van der Waals surface area (Å²) in [6.07, 6.45) is -0.516. The number of carbonyl (C=O) groups is 1. The third-order valence-corrected chi connectivity index (χ3v) is 4.85. The first-order valence-electron chi connectivity index (χ1n) is 9.42. The Kier molecular flexibility index (Phi) is 6.69. The molecule has 0 aromatic heterocycles. The molecule has 154 valence electrons. The summed E-state index contributed by atoms with van der Waals surface area (Å²) in [6.45, 7) is 3.08. The Balaban J connectivity index is 1.54. The van der Waals surface area contributed by atoms with Gasteiger partial charge in [-0.15, -0.1) is 0 Å². The Morgan fingerprint density at radius 2 is 1.76 bits per heavy atom. The number of benzene rings is 2. The third-order valence-electron chi connectivity index (χ3n) is 4.85. The van der Waals surface area contributed by atoms with Crippen LogP contribution >= 0.6 is 0 Å². The monoisotopic (exact) mass is 406 g/mol. The molecule has 1 aliphatic rings. The fourth-order valence-electron chi connectivity index (χ4n) is 3.29. The lowest BCUT2D eigenvalue weighted by Gasteiger charge is -2.21. The van der Waals surface area contributed by atoms with Gasteiger partial charge in [0.15, 0.2) is 0 Å². The average Bonchev–Trinajstić information content (AvgIpc) is 2.92. The quantitative estimate of drug-likeness (QED) is 0.548. The van der Waals surface area contributed by atoms with E-state index in [1.807, 2.05) is 0 Å². The third kappa shape index (κ3) is 6.15. The van der Waals surface area contributed by atoms with E-state index < -0.39 is 11.7 Å². The van der Waals surface area contributed by atoms with Crippen LogP contribution in [0.3, 0.4) is 0 Å². The van der Waals surface area contributed by atoms with Crippen molar-refractivity contribution in [3.8, 4) is 0 Å². The Labute approximate surface area is 167 Å². The Hall–Kier alpha value is -2.67. The second-order valence-corrected chi connectivity index (χ2v) is 7.04. The molecule has 0 saturated carbocycles. The van der Waals surface area contributed by atoms with Crippen molar-refractivity contribution in [1.29, 1.82) is 0 Å². The molecule has 0 spiro atoms. The molecule has 29 heavy (non-hydrogen) atoms. The summed E-state index contributed by atoms with van der Waals surface area (Å²) in [5.74, 6) is -0.487. The van der Waals surface area contributed by atoms with Crippen LogP contribution in [0.5, 0.6) is 0 Å². The first-order valence-corrected chi connectivity index (χ1v) is 9.42. The van der Waals surface area contributed by atoms with Gasteiger partial charge >= 0.3 is 6.18 Å². The van der Waals surface area contributed by atoms with E-state index >= 15 is 0 Å². The highest BCUT2D eigenvalue weighted by Crippen LogP contribution is 2.29. The van der Waals surface area contributed by atoms with Crippen molar-refractivity contribution in [3.63, 3.8) is 0 Å². The van der Waals surface area contributed by atoms with Crippen LogP contribution in [-0.2, 0) is 17.5 Å². The number of hydrogen-bond acceptors (Lipinski definition) is 2. The molecule has 3 rings (SSSR count). The van der Waals surface area contributed by atoms with Crippen molar-refractivity contribution in [1.82, 2.24) is 9.80 Å². The van der Waals surface area contributed by atoms with Crippen LogP contribution in [0.15, 0.2) is 54.6 Å². The number of nitrogens with zero attached hydrogens (tertiary/aromatic N) is 2. The molecule has 0 aliphatic carbocycles. The van der Waals surface area contributed by atoms with Crippen LogP contribution in [0.4, 0.5) is 17.6 Å². The Morgan fingerprint density at radius 3 is 2.45 bits per heavy atom. The summed E-state index contributed by atoms with van der Waals surface area (Å²) in [5, 5.41) is 0. The molecule has 1 amide bonds. The Morgan fingerprint density at radius 1 is 1.00 bits per heavy atom. The number of amides is 1. The van der Waals surface area contributed by atoms with E-state index in [1.165, 1.54) is 30.3 Å². The fraction of sp³-hybridized carbons (Fsp3) is 0.318. The summed E-state index contributed by atoms with van der Waals surface area (Å²) >= 11 is 0. The standard InChI is InChI=1S/C22H22F4N2O/c23-20-4-1-3-17(15-20)7-10-21(29)28-12-2-11-27(13-14-28)16-18-5-8-19(9-6-18)22(24,25)26/h1,3-10,15H,2,11-14,16H2/b10-7+. The zero-order chi connectivity index (χ0) is 20.9. The zero-order valence-electron chi connectivity index (χ0n) is 15.8. The minimum absolute atomic E-state index is 0.134. The van der Waals surface area contributed by atoms with Gasteiger partial charge in [-0.1, -0.05) is 24.3 Å². The fourth-order valence-corrected chi connectivity index (χ4v) is 3.29. The molecule has 0 N–H and O–H groups in total. The van der Waals surface area contributed by atoms with Crippen LogP contribution in [0.2, 0.25) is 0 Å². The van der Waals surface area contributed by atoms with Gasteiger partial charge in [0, 0.05) is 38.8 Å². The minimum atomic E-state index is -4.33. The van der Waals surface area contributed by atoms with Gasteiger partial charge < -0.3 is 4.90 Å². The van der Waals surface area contributed by atoms with E-state index in [0.29, 0.717) is 31.7 Å². The van der Waals surface area contributed by atoms with Crippen molar-refractivity contribution in [2.24, 2.45) is 0 Å². The van der Waals surface area contributed by atoms with Gasteiger partial charge in [0.1, 0.15) is 5.82 Å². The maximum absolute atomic E-state index is 13.2. The van der Waals surface area contributed by atoms with E-state index in [2.05, 4.69) is 4.90 Å². The normalized spacial score (nSPS) is 16.2. The van der Waals surface area contributed by atoms with Gasteiger partial charge in [0.2, 0.25) is 5.91 Å². The lowest BCUT2D eigenvalue weighted by molar-refractivity contribution is -0.137. The molecular formula is C22H22F4N2O. The lowest BCUT2D eigenvalue weighted by Crippen LogP contribution is -2.34. The van der Waals surface area contributed by atoms with Crippen LogP contribution < -0.4 is 0 Å². The van der Waals surface area contributed by atoms with E-state index in [-0.39, 0.29) is 11.7 Å². The molecule has 1 saturated heterocycles. The molecule has 0 atom stereocenters. The number of alkyl halides is 3. The van der Waals surface area contributed by atoms with Crippen LogP contribution in [-0.4, -0.2) is 41.9 Å². The lowest BCUT2D eigenvalue weighted by atomic mass is 10.1. The van der Waals surface area contributed by atoms with Gasteiger partial charge in [-0.2, -0.15) is 13.2 Å².